The second-order valence-corrected chi connectivity index (χ2v) is 4.73. The van der Waals surface area contributed by atoms with E-state index in [9.17, 15) is 0 Å². The van der Waals surface area contributed by atoms with E-state index in [-0.39, 0.29) is 0 Å². The Balaban J connectivity index is 2.49. The van der Waals surface area contributed by atoms with Crippen LogP contribution in [0.5, 0.6) is 5.75 Å². The van der Waals surface area contributed by atoms with E-state index in [0.717, 1.165) is 24.2 Å². The number of benzene rings is 1. The van der Waals surface area contributed by atoms with Gasteiger partial charge in [-0.15, -0.1) is 0 Å². The summed E-state index contributed by atoms with van der Waals surface area (Å²) in [7, 11) is 1.63. The molecule has 0 spiro atoms. The van der Waals surface area contributed by atoms with Crippen molar-refractivity contribution in [1.82, 2.24) is 9.78 Å². The van der Waals surface area contributed by atoms with E-state index >= 15 is 0 Å². The molecular formula is C15H21N3O. The van der Waals surface area contributed by atoms with Gasteiger partial charge in [-0.3, -0.25) is 4.68 Å². The summed E-state index contributed by atoms with van der Waals surface area (Å²) in [5, 5.41) is 4.59. The second-order valence-electron chi connectivity index (χ2n) is 4.73. The molecule has 102 valence electrons. The van der Waals surface area contributed by atoms with Crippen LogP contribution in [0.3, 0.4) is 0 Å². The van der Waals surface area contributed by atoms with Crippen molar-refractivity contribution in [1.29, 1.82) is 0 Å². The second kappa shape index (κ2) is 5.34. The van der Waals surface area contributed by atoms with Gasteiger partial charge in [-0.2, -0.15) is 5.10 Å². The molecule has 19 heavy (non-hydrogen) atoms. The van der Waals surface area contributed by atoms with Gasteiger partial charge in [0.05, 0.1) is 18.5 Å². The molecule has 1 aromatic heterocycles. The van der Waals surface area contributed by atoms with Crippen LogP contribution in [0.2, 0.25) is 0 Å². The first-order valence-corrected chi connectivity index (χ1v) is 6.56. The fraction of sp³-hybridized carbons (Fsp3) is 0.400. The Hall–Kier alpha value is -1.97. The average Bonchev–Trinajstić information content (AvgIpc) is 2.65. The van der Waals surface area contributed by atoms with E-state index in [1.165, 1.54) is 11.3 Å². The molecule has 0 saturated carbocycles. The molecule has 4 nitrogen and oxygen atoms in total. The molecule has 0 saturated heterocycles. The van der Waals surface area contributed by atoms with Crippen LogP contribution < -0.4 is 10.5 Å². The highest BCUT2D eigenvalue weighted by atomic mass is 16.5. The van der Waals surface area contributed by atoms with Gasteiger partial charge < -0.3 is 10.5 Å². The molecule has 4 heteroatoms. The molecule has 2 aromatic rings. The first kappa shape index (κ1) is 13.5. The number of nitrogens with two attached hydrogens (primary N) is 1. The van der Waals surface area contributed by atoms with E-state index in [4.69, 9.17) is 10.5 Å². The first-order chi connectivity index (χ1) is 9.08. The molecule has 0 amide bonds. The molecule has 0 bridgehead atoms. The molecule has 0 unspecified atom stereocenters. The van der Waals surface area contributed by atoms with E-state index < -0.39 is 0 Å². The monoisotopic (exact) mass is 259 g/mol. The minimum Gasteiger partial charge on any atom is -0.495 e. The third kappa shape index (κ3) is 2.43. The van der Waals surface area contributed by atoms with Gasteiger partial charge in [0.15, 0.2) is 0 Å². The van der Waals surface area contributed by atoms with Crippen LogP contribution in [-0.2, 0) is 6.54 Å². The van der Waals surface area contributed by atoms with Gasteiger partial charge in [0.2, 0.25) is 0 Å². The van der Waals surface area contributed by atoms with Crippen LogP contribution in [0.25, 0.3) is 11.1 Å². The van der Waals surface area contributed by atoms with Crippen LogP contribution in [0.15, 0.2) is 18.2 Å². The number of hydrogen-bond donors (Lipinski definition) is 1. The highest BCUT2D eigenvalue weighted by Gasteiger charge is 2.14. The van der Waals surface area contributed by atoms with Crippen molar-refractivity contribution in [3.8, 4) is 16.9 Å². The molecule has 0 fully saturated rings. The third-order valence-electron chi connectivity index (χ3n) is 3.34. The lowest BCUT2D eigenvalue weighted by atomic mass is 10.0. The molecule has 0 atom stereocenters. The maximum atomic E-state index is 5.98. The smallest absolute Gasteiger partial charge is 0.141 e. The van der Waals surface area contributed by atoms with Crippen LogP contribution in [-0.4, -0.2) is 16.9 Å². The minimum absolute atomic E-state index is 0.655. The van der Waals surface area contributed by atoms with Crippen LogP contribution >= 0.6 is 0 Å². The standard InChI is InChI=1S/C15H21N3O/c1-5-8-18-11(3)15(10(2)17-18)12-6-7-14(19-4)13(16)9-12/h6-7,9H,5,8,16H2,1-4H3. The topological polar surface area (TPSA) is 53.1 Å². The number of aryl methyl sites for hydroxylation is 2. The van der Waals surface area contributed by atoms with Crippen molar-refractivity contribution in [2.75, 3.05) is 12.8 Å². The molecule has 0 aliphatic heterocycles. The molecule has 1 aromatic carbocycles. The summed E-state index contributed by atoms with van der Waals surface area (Å²) in [4.78, 5) is 0. The number of nitrogens with zero attached hydrogens (tertiary/aromatic N) is 2. The van der Waals surface area contributed by atoms with E-state index in [2.05, 4.69) is 23.6 Å². The normalized spacial score (nSPS) is 10.7. The highest BCUT2D eigenvalue weighted by Crippen LogP contribution is 2.32. The summed E-state index contributed by atoms with van der Waals surface area (Å²) >= 11 is 0. The molecule has 1 heterocycles. The summed E-state index contributed by atoms with van der Waals surface area (Å²) < 4.78 is 7.25. The van der Waals surface area contributed by atoms with Crippen molar-refractivity contribution in [2.45, 2.75) is 33.7 Å². The van der Waals surface area contributed by atoms with Crippen molar-refractivity contribution in [3.63, 3.8) is 0 Å². The highest BCUT2D eigenvalue weighted by molar-refractivity contribution is 5.73. The predicted molar refractivity (Wildman–Crippen MR) is 78.4 cm³/mol. The largest absolute Gasteiger partial charge is 0.495 e. The maximum absolute atomic E-state index is 5.98. The number of aromatic nitrogens is 2. The third-order valence-corrected chi connectivity index (χ3v) is 3.34. The van der Waals surface area contributed by atoms with Crippen molar-refractivity contribution >= 4 is 5.69 Å². The number of hydrogen-bond acceptors (Lipinski definition) is 3. The molecule has 2 rings (SSSR count). The lowest BCUT2D eigenvalue weighted by Crippen LogP contribution is -2.01. The number of rotatable bonds is 4. The zero-order valence-corrected chi connectivity index (χ0v) is 12.0. The number of ether oxygens (including phenoxy) is 1. The van der Waals surface area contributed by atoms with Gasteiger partial charge in [-0.25, -0.2) is 0 Å². The zero-order valence-electron chi connectivity index (χ0n) is 12.0. The van der Waals surface area contributed by atoms with E-state index in [0.29, 0.717) is 11.4 Å². The van der Waals surface area contributed by atoms with Gasteiger partial charge in [0.25, 0.3) is 0 Å². The van der Waals surface area contributed by atoms with Gasteiger partial charge in [0, 0.05) is 17.8 Å². The van der Waals surface area contributed by atoms with Gasteiger partial charge >= 0.3 is 0 Å². The summed E-state index contributed by atoms with van der Waals surface area (Å²) in [6.07, 6.45) is 1.08. The molecule has 0 radical (unpaired) electrons. The summed E-state index contributed by atoms with van der Waals surface area (Å²) in [5.41, 5.74) is 11.1. The lowest BCUT2D eigenvalue weighted by Gasteiger charge is -2.08. The Kier molecular flexibility index (Phi) is 3.79. The van der Waals surface area contributed by atoms with Gasteiger partial charge in [-0.1, -0.05) is 13.0 Å². The van der Waals surface area contributed by atoms with Crippen LogP contribution in [0.4, 0.5) is 5.69 Å². The molecule has 2 N–H and O–H groups in total. The van der Waals surface area contributed by atoms with Crippen molar-refractivity contribution < 1.29 is 4.74 Å². The average molecular weight is 259 g/mol. The summed E-state index contributed by atoms with van der Waals surface area (Å²) in [5.74, 6) is 0.708. The van der Waals surface area contributed by atoms with Crippen LogP contribution in [0, 0.1) is 13.8 Å². The van der Waals surface area contributed by atoms with Crippen molar-refractivity contribution in [2.24, 2.45) is 0 Å². The number of anilines is 1. The first-order valence-electron chi connectivity index (χ1n) is 6.56. The summed E-state index contributed by atoms with van der Waals surface area (Å²) in [6.45, 7) is 7.24. The minimum atomic E-state index is 0.655. The Morgan fingerprint density at radius 3 is 2.63 bits per heavy atom. The van der Waals surface area contributed by atoms with Gasteiger partial charge in [0.1, 0.15) is 5.75 Å². The summed E-state index contributed by atoms with van der Waals surface area (Å²) in [6, 6.07) is 5.88. The Bertz CT molecular complexity index is 587. The fourth-order valence-electron chi connectivity index (χ4n) is 2.43. The Labute approximate surface area is 114 Å². The fourth-order valence-corrected chi connectivity index (χ4v) is 2.43. The molecule has 0 aliphatic carbocycles. The number of methoxy groups -OCH3 is 1. The molecule has 0 aliphatic rings. The zero-order chi connectivity index (χ0) is 14.0. The van der Waals surface area contributed by atoms with Crippen molar-refractivity contribution in [3.05, 3.63) is 29.6 Å². The Morgan fingerprint density at radius 2 is 2.05 bits per heavy atom. The van der Waals surface area contributed by atoms with E-state index in [1.807, 2.05) is 25.1 Å². The predicted octanol–water partition coefficient (Wildman–Crippen LogP) is 3.17. The van der Waals surface area contributed by atoms with Crippen LogP contribution in [0.1, 0.15) is 24.7 Å². The number of nitrogen functional groups attached to an aromatic ring is 1. The maximum Gasteiger partial charge on any atom is 0.141 e. The Morgan fingerprint density at radius 1 is 1.32 bits per heavy atom. The lowest BCUT2D eigenvalue weighted by molar-refractivity contribution is 0.417. The SMILES string of the molecule is CCCn1nc(C)c(-c2ccc(OC)c(N)c2)c1C. The molecular weight excluding hydrogens is 238 g/mol. The quantitative estimate of drug-likeness (QED) is 0.858. The van der Waals surface area contributed by atoms with E-state index in [1.54, 1.807) is 7.11 Å². The van der Waals surface area contributed by atoms with Gasteiger partial charge in [-0.05, 0) is 38.0 Å².